The number of benzene rings is 1. The highest BCUT2D eigenvalue weighted by Gasteiger charge is 2.14. The number of carbonyl (C=O) groups is 1. The maximum atomic E-state index is 11.0. The van der Waals surface area contributed by atoms with Crippen molar-refractivity contribution in [3.05, 3.63) is 59.0 Å². The lowest BCUT2D eigenvalue weighted by Crippen LogP contribution is -2.24. The van der Waals surface area contributed by atoms with E-state index in [4.69, 9.17) is 0 Å². The molecule has 0 N–H and O–H groups in total. The molecule has 0 fully saturated rings. The van der Waals surface area contributed by atoms with Gasteiger partial charge in [0, 0.05) is 34.8 Å². The number of aliphatic carboxylic acids is 1. The molecule has 0 saturated heterocycles. The van der Waals surface area contributed by atoms with E-state index in [9.17, 15) is 9.90 Å². The molecule has 22 heavy (non-hydrogen) atoms. The summed E-state index contributed by atoms with van der Waals surface area (Å²) in [6.07, 6.45) is 3.20. The second-order valence-electron chi connectivity index (χ2n) is 4.59. The van der Waals surface area contributed by atoms with E-state index in [2.05, 4.69) is 25.9 Å². The molecule has 0 radical (unpaired) electrons. The van der Waals surface area contributed by atoms with E-state index in [1.165, 1.54) is 11.3 Å². The molecular formula is C16H10BrN2O2S-. The summed E-state index contributed by atoms with van der Waals surface area (Å²) in [5.41, 5.74) is 2.33. The first kappa shape index (κ1) is 14.9. The molecule has 4 nitrogen and oxygen atoms in total. The number of halogens is 1. The Bertz CT molecular complexity index is 801. The number of hydrogen-bond acceptors (Lipinski definition) is 5. The average molecular weight is 374 g/mol. The lowest BCUT2D eigenvalue weighted by Gasteiger charge is -2.03. The number of carbonyl (C=O) groups excluding carboxylic acids is 1. The second-order valence-corrected chi connectivity index (χ2v) is 6.51. The number of aromatic nitrogens is 2. The van der Waals surface area contributed by atoms with Crippen LogP contribution < -0.4 is 5.11 Å². The zero-order valence-corrected chi connectivity index (χ0v) is 13.7. The minimum absolute atomic E-state index is 0.206. The highest BCUT2D eigenvalue weighted by atomic mass is 79.9. The molecule has 2 heterocycles. The maximum absolute atomic E-state index is 11.0. The SMILES string of the molecule is O=C([O-])Cc1nc(-c2cccnc2)sc1-c1ccc(Br)cc1. The lowest BCUT2D eigenvalue weighted by molar-refractivity contribution is -0.304. The molecule has 3 aromatic rings. The number of hydrogen-bond donors (Lipinski definition) is 0. The topological polar surface area (TPSA) is 65.9 Å². The Morgan fingerprint density at radius 1 is 1.18 bits per heavy atom. The van der Waals surface area contributed by atoms with Gasteiger partial charge in [-0.05, 0) is 29.8 Å². The number of carboxylic acids is 1. The summed E-state index contributed by atoms with van der Waals surface area (Å²) in [5, 5.41) is 11.7. The zero-order chi connectivity index (χ0) is 15.5. The fourth-order valence-electron chi connectivity index (χ4n) is 2.05. The van der Waals surface area contributed by atoms with Crippen LogP contribution in [-0.2, 0) is 11.2 Å². The molecule has 0 aliphatic heterocycles. The van der Waals surface area contributed by atoms with Gasteiger partial charge in [-0.1, -0.05) is 28.1 Å². The van der Waals surface area contributed by atoms with Crippen LogP contribution in [0, 0.1) is 0 Å². The van der Waals surface area contributed by atoms with Crippen molar-refractivity contribution in [2.75, 3.05) is 0 Å². The first-order valence-electron chi connectivity index (χ1n) is 6.49. The van der Waals surface area contributed by atoms with E-state index in [-0.39, 0.29) is 6.42 Å². The van der Waals surface area contributed by atoms with E-state index < -0.39 is 5.97 Å². The van der Waals surface area contributed by atoms with Gasteiger partial charge in [0.25, 0.3) is 0 Å². The molecule has 0 unspecified atom stereocenters. The van der Waals surface area contributed by atoms with Crippen LogP contribution in [0.25, 0.3) is 21.0 Å². The van der Waals surface area contributed by atoms with E-state index in [1.807, 2.05) is 36.4 Å². The maximum Gasteiger partial charge on any atom is 0.125 e. The molecule has 0 atom stereocenters. The van der Waals surface area contributed by atoms with Gasteiger partial charge >= 0.3 is 0 Å². The molecule has 0 aliphatic rings. The van der Waals surface area contributed by atoms with Crippen molar-refractivity contribution in [1.29, 1.82) is 0 Å². The van der Waals surface area contributed by atoms with Gasteiger partial charge in [0.2, 0.25) is 0 Å². The quantitative estimate of drug-likeness (QED) is 0.704. The van der Waals surface area contributed by atoms with Crippen molar-refractivity contribution in [2.45, 2.75) is 6.42 Å². The van der Waals surface area contributed by atoms with Crippen molar-refractivity contribution in [1.82, 2.24) is 9.97 Å². The van der Waals surface area contributed by atoms with Crippen LogP contribution >= 0.6 is 27.3 Å². The highest BCUT2D eigenvalue weighted by molar-refractivity contribution is 9.10. The third kappa shape index (κ3) is 3.23. The van der Waals surface area contributed by atoms with Gasteiger partial charge in [-0.15, -0.1) is 11.3 Å². The molecule has 0 aliphatic carbocycles. The Morgan fingerprint density at radius 2 is 1.95 bits per heavy atom. The lowest BCUT2D eigenvalue weighted by atomic mass is 10.1. The van der Waals surface area contributed by atoms with Crippen LogP contribution in [-0.4, -0.2) is 15.9 Å². The van der Waals surface area contributed by atoms with Crippen LogP contribution in [0.2, 0.25) is 0 Å². The molecule has 3 rings (SSSR count). The Hall–Kier alpha value is -2.05. The Kier molecular flexibility index (Phi) is 4.31. The number of rotatable bonds is 4. The summed E-state index contributed by atoms with van der Waals surface area (Å²) in [4.78, 5) is 20.4. The number of nitrogens with zero attached hydrogens (tertiary/aromatic N) is 2. The summed E-state index contributed by atoms with van der Waals surface area (Å²) in [5.74, 6) is -1.14. The zero-order valence-electron chi connectivity index (χ0n) is 11.3. The number of carboxylic acid groups (broad SMARTS) is 1. The number of thiazole rings is 1. The van der Waals surface area contributed by atoms with Gasteiger partial charge in [0.15, 0.2) is 0 Å². The van der Waals surface area contributed by atoms with Crippen molar-refractivity contribution >= 4 is 33.2 Å². The Labute approximate surface area is 139 Å². The van der Waals surface area contributed by atoms with Crippen molar-refractivity contribution < 1.29 is 9.90 Å². The van der Waals surface area contributed by atoms with Crippen LogP contribution in [0.1, 0.15) is 5.69 Å². The van der Waals surface area contributed by atoms with Crippen LogP contribution in [0.15, 0.2) is 53.3 Å². The molecule has 0 amide bonds. The summed E-state index contributed by atoms with van der Waals surface area (Å²) >= 11 is 4.85. The molecule has 1 aromatic carbocycles. The molecule has 0 spiro atoms. The minimum Gasteiger partial charge on any atom is -0.550 e. The van der Waals surface area contributed by atoms with Crippen molar-refractivity contribution in [3.63, 3.8) is 0 Å². The fourth-order valence-corrected chi connectivity index (χ4v) is 3.39. The van der Waals surface area contributed by atoms with Crippen molar-refractivity contribution in [3.8, 4) is 21.0 Å². The molecular weight excluding hydrogens is 364 g/mol. The number of pyridine rings is 1. The summed E-state index contributed by atoms with van der Waals surface area (Å²) in [6, 6.07) is 11.4. The fraction of sp³-hybridized carbons (Fsp3) is 0.0625. The largest absolute Gasteiger partial charge is 0.550 e. The van der Waals surface area contributed by atoms with Gasteiger partial charge < -0.3 is 9.90 Å². The first-order valence-corrected chi connectivity index (χ1v) is 8.10. The highest BCUT2D eigenvalue weighted by Crippen LogP contribution is 2.35. The van der Waals surface area contributed by atoms with E-state index in [0.717, 1.165) is 25.5 Å². The molecule has 0 bridgehead atoms. The Morgan fingerprint density at radius 3 is 2.59 bits per heavy atom. The van der Waals surface area contributed by atoms with E-state index >= 15 is 0 Å². The van der Waals surface area contributed by atoms with E-state index in [1.54, 1.807) is 12.4 Å². The average Bonchev–Trinajstić information content (AvgIpc) is 2.92. The van der Waals surface area contributed by atoms with E-state index in [0.29, 0.717) is 5.69 Å². The van der Waals surface area contributed by atoms with Crippen molar-refractivity contribution in [2.24, 2.45) is 0 Å². The van der Waals surface area contributed by atoms with Gasteiger partial charge in [-0.3, -0.25) is 4.98 Å². The van der Waals surface area contributed by atoms with Gasteiger partial charge in [0.1, 0.15) is 5.01 Å². The standard InChI is InChI=1S/C16H11BrN2O2S/c17-12-5-3-10(4-6-12)15-13(8-14(20)21)19-16(22-15)11-2-1-7-18-9-11/h1-7,9H,8H2,(H,20,21)/p-1. The predicted octanol–water partition coefficient (Wildman–Crippen LogP) is 2.93. The normalized spacial score (nSPS) is 10.6. The smallest absolute Gasteiger partial charge is 0.125 e. The second kappa shape index (κ2) is 6.37. The van der Waals surface area contributed by atoms with Crippen LogP contribution in [0.4, 0.5) is 0 Å². The molecule has 6 heteroatoms. The first-order chi connectivity index (χ1) is 10.6. The summed E-state index contributed by atoms with van der Waals surface area (Å²) in [7, 11) is 0. The molecule has 2 aromatic heterocycles. The third-order valence-corrected chi connectivity index (χ3v) is 4.75. The summed E-state index contributed by atoms with van der Waals surface area (Å²) in [6.45, 7) is 0. The predicted molar refractivity (Wildman–Crippen MR) is 87.2 cm³/mol. The molecule has 0 saturated carbocycles. The third-order valence-electron chi connectivity index (χ3n) is 3.02. The molecule has 110 valence electrons. The van der Waals surface area contributed by atoms with Gasteiger partial charge in [0.05, 0.1) is 10.6 Å². The van der Waals surface area contributed by atoms with Gasteiger partial charge in [-0.25, -0.2) is 4.98 Å². The monoisotopic (exact) mass is 373 g/mol. The minimum atomic E-state index is -1.14. The van der Waals surface area contributed by atoms with Crippen LogP contribution in [0.3, 0.4) is 0 Å². The van der Waals surface area contributed by atoms with Crippen LogP contribution in [0.5, 0.6) is 0 Å². The van der Waals surface area contributed by atoms with Gasteiger partial charge in [-0.2, -0.15) is 0 Å². The summed E-state index contributed by atoms with van der Waals surface area (Å²) < 4.78 is 0.967. The Balaban J connectivity index is 2.09.